The lowest BCUT2D eigenvalue weighted by Gasteiger charge is -2.27. The Bertz CT molecular complexity index is 1040. The van der Waals surface area contributed by atoms with E-state index in [1.165, 1.54) is 19.2 Å². The zero-order valence-electron chi connectivity index (χ0n) is 15.7. The maximum absolute atomic E-state index is 11.5. The van der Waals surface area contributed by atoms with Gasteiger partial charge in [0.2, 0.25) is 17.5 Å². The molecule has 146 valence electrons. The molecule has 0 saturated heterocycles. The number of methoxy groups -OCH3 is 1. The van der Waals surface area contributed by atoms with Gasteiger partial charge in [0.15, 0.2) is 5.75 Å². The molecule has 1 aliphatic rings. The van der Waals surface area contributed by atoms with Crippen LogP contribution in [0.25, 0.3) is 0 Å². The first-order valence-electron chi connectivity index (χ1n) is 8.31. The third kappa shape index (κ3) is 2.87. The third-order valence-electron chi connectivity index (χ3n) is 4.50. The number of nitrogens with one attached hydrogen (secondary N) is 1. The van der Waals surface area contributed by atoms with Gasteiger partial charge in [-0.2, -0.15) is 5.26 Å². The molecule has 10 heteroatoms. The number of nitro benzene ring substituents is 1. The molecule has 0 fully saturated rings. The SMILES string of the molecule is COc1c(O)cc(C2C(C#N)=C(N)Oc3n[nH]c(C(C)(C)C)c32)cc1[N+](=O)[O-]. The number of phenols is 1. The number of allylic oxidation sites excluding steroid dienone is 1. The zero-order valence-corrected chi connectivity index (χ0v) is 15.7. The molecule has 2 heterocycles. The Morgan fingerprint density at radius 3 is 2.68 bits per heavy atom. The summed E-state index contributed by atoms with van der Waals surface area (Å²) < 4.78 is 10.4. The number of rotatable bonds is 3. The molecule has 28 heavy (non-hydrogen) atoms. The van der Waals surface area contributed by atoms with Crippen molar-refractivity contribution in [2.75, 3.05) is 7.11 Å². The Kier molecular flexibility index (Phi) is 4.39. The molecule has 1 aliphatic heterocycles. The van der Waals surface area contributed by atoms with Crippen molar-refractivity contribution in [2.24, 2.45) is 5.73 Å². The molecule has 1 aromatic carbocycles. The van der Waals surface area contributed by atoms with E-state index in [0.717, 1.165) is 0 Å². The lowest BCUT2D eigenvalue weighted by molar-refractivity contribution is -0.385. The van der Waals surface area contributed by atoms with Gasteiger partial charge in [-0.1, -0.05) is 20.8 Å². The molecular weight excluding hydrogens is 366 g/mol. The topological polar surface area (TPSA) is 160 Å². The minimum atomic E-state index is -0.808. The van der Waals surface area contributed by atoms with Crippen LogP contribution in [0.15, 0.2) is 23.6 Å². The average Bonchev–Trinajstić information content (AvgIpc) is 3.03. The highest BCUT2D eigenvalue weighted by Crippen LogP contribution is 2.48. The summed E-state index contributed by atoms with van der Waals surface area (Å²) in [6, 6.07) is 4.58. The van der Waals surface area contributed by atoms with Gasteiger partial charge in [0.1, 0.15) is 11.6 Å². The second-order valence-corrected chi connectivity index (χ2v) is 7.34. The van der Waals surface area contributed by atoms with Crippen LogP contribution in [0.3, 0.4) is 0 Å². The molecule has 2 aromatic rings. The van der Waals surface area contributed by atoms with Crippen molar-refractivity contribution in [2.45, 2.75) is 32.1 Å². The van der Waals surface area contributed by atoms with Gasteiger partial charge in [-0.05, 0) is 11.6 Å². The molecule has 0 saturated carbocycles. The largest absolute Gasteiger partial charge is 0.504 e. The summed E-state index contributed by atoms with van der Waals surface area (Å²) in [6.07, 6.45) is 0. The normalized spacial score (nSPS) is 16.2. The van der Waals surface area contributed by atoms with Crippen molar-refractivity contribution in [1.29, 1.82) is 5.26 Å². The molecule has 4 N–H and O–H groups in total. The van der Waals surface area contributed by atoms with E-state index in [4.69, 9.17) is 15.2 Å². The number of hydrogen-bond donors (Lipinski definition) is 3. The van der Waals surface area contributed by atoms with Gasteiger partial charge in [-0.15, -0.1) is 5.10 Å². The molecule has 10 nitrogen and oxygen atoms in total. The Morgan fingerprint density at radius 2 is 2.14 bits per heavy atom. The van der Waals surface area contributed by atoms with Crippen LogP contribution in [0.4, 0.5) is 5.69 Å². The van der Waals surface area contributed by atoms with Gasteiger partial charge in [0, 0.05) is 17.2 Å². The number of aromatic amines is 1. The summed E-state index contributed by atoms with van der Waals surface area (Å²) in [7, 11) is 1.22. The van der Waals surface area contributed by atoms with Crippen molar-refractivity contribution in [3.63, 3.8) is 0 Å². The van der Waals surface area contributed by atoms with Gasteiger partial charge in [-0.25, -0.2) is 0 Å². The molecule has 1 unspecified atom stereocenters. The fraction of sp³-hybridized carbons (Fsp3) is 0.333. The zero-order chi connectivity index (χ0) is 20.8. The predicted octanol–water partition coefficient (Wildman–Crippen LogP) is 2.55. The summed E-state index contributed by atoms with van der Waals surface area (Å²) in [5.74, 6) is -1.46. The van der Waals surface area contributed by atoms with Gasteiger partial charge in [0.25, 0.3) is 0 Å². The van der Waals surface area contributed by atoms with E-state index >= 15 is 0 Å². The third-order valence-corrected chi connectivity index (χ3v) is 4.50. The van der Waals surface area contributed by atoms with E-state index in [-0.39, 0.29) is 23.1 Å². The van der Waals surface area contributed by atoms with E-state index in [0.29, 0.717) is 16.8 Å². The highest BCUT2D eigenvalue weighted by atomic mass is 16.6. The number of ether oxygens (including phenoxy) is 2. The lowest BCUT2D eigenvalue weighted by Crippen LogP contribution is -2.24. The van der Waals surface area contributed by atoms with Crippen LogP contribution in [-0.2, 0) is 5.41 Å². The van der Waals surface area contributed by atoms with Crippen LogP contribution in [0.2, 0.25) is 0 Å². The van der Waals surface area contributed by atoms with Crippen LogP contribution in [-0.4, -0.2) is 27.3 Å². The van der Waals surface area contributed by atoms with Crippen LogP contribution >= 0.6 is 0 Å². The monoisotopic (exact) mass is 385 g/mol. The molecule has 1 atom stereocenters. The first-order valence-corrected chi connectivity index (χ1v) is 8.31. The van der Waals surface area contributed by atoms with Crippen LogP contribution in [0.1, 0.15) is 43.5 Å². The minimum absolute atomic E-state index is 0.0678. The molecule has 1 aromatic heterocycles. The summed E-state index contributed by atoms with van der Waals surface area (Å²) in [5, 5.41) is 38.5. The highest BCUT2D eigenvalue weighted by molar-refractivity contribution is 5.63. The number of phenolic OH excluding ortho intramolecular Hbond substituents is 1. The minimum Gasteiger partial charge on any atom is -0.504 e. The maximum Gasteiger partial charge on any atom is 0.315 e. The molecule has 0 radical (unpaired) electrons. The smallest absolute Gasteiger partial charge is 0.315 e. The van der Waals surface area contributed by atoms with Gasteiger partial charge in [-0.3, -0.25) is 15.2 Å². The first kappa shape index (κ1) is 19.0. The Balaban J connectivity index is 2.34. The fourth-order valence-electron chi connectivity index (χ4n) is 3.28. The summed E-state index contributed by atoms with van der Waals surface area (Å²) in [6.45, 7) is 5.83. The van der Waals surface area contributed by atoms with Crippen molar-refractivity contribution in [3.8, 4) is 23.4 Å². The summed E-state index contributed by atoms with van der Waals surface area (Å²) in [5.41, 5.74) is 6.67. The Morgan fingerprint density at radius 1 is 1.46 bits per heavy atom. The average molecular weight is 385 g/mol. The maximum atomic E-state index is 11.5. The molecule has 0 spiro atoms. The number of nitrogens with two attached hydrogens (primary N) is 1. The summed E-state index contributed by atoms with van der Waals surface area (Å²) >= 11 is 0. The second kappa shape index (κ2) is 6.45. The molecule has 0 bridgehead atoms. The first-order chi connectivity index (χ1) is 13.1. The predicted molar refractivity (Wildman–Crippen MR) is 97.9 cm³/mol. The lowest BCUT2D eigenvalue weighted by atomic mass is 9.78. The van der Waals surface area contributed by atoms with Gasteiger partial charge >= 0.3 is 5.69 Å². The number of nitriles is 1. The fourth-order valence-corrected chi connectivity index (χ4v) is 3.28. The number of benzene rings is 1. The van der Waals surface area contributed by atoms with Crippen molar-refractivity contribution in [3.05, 3.63) is 50.5 Å². The number of H-pyrrole nitrogens is 1. The second-order valence-electron chi connectivity index (χ2n) is 7.34. The molecule has 3 rings (SSSR count). The highest BCUT2D eigenvalue weighted by Gasteiger charge is 2.39. The number of aromatic nitrogens is 2. The quantitative estimate of drug-likeness (QED) is 0.536. The van der Waals surface area contributed by atoms with E-state index in [9.17, 15) is 20.5 Å². The van der Waals surface area contributed by atoms with Crippen LogP contribution in [0, 0.1) is 21.4 Å². The van der Waals surface area contributed by atoms with E-state index in [1.54, 1.807) is 0 Å². The van der Waals surface area contributed by atoms with Crippen molar-refractivity contribution < 1.29 is 19.5 Å². The van der Waals surface area contributed by atoms with Gasteiger partial charge in [0.05, 0.1) is 23.5 Å². The Labute approximate surface area is 160 Å². The van der Waals surface area contributed by atoms with Crippen molar-refractivity contribution in [1.82, 2.24) is 10.2 Å². The molecule has 0 amide bonds. The van der Waals surface area contributed by atoms with E-state index < -0.39 is 27.7 Å². The molecular formula is C18H19N5O5. The van der Waals surface area contributed by atoms with Crippen molar-refractivity contribution >= 4 is 5.69 Å². The van der Waals surface area contributed by atoms with Gasteiger partial charge < -0.3 is 20.3 Å². The van der Waals surface area contributed by atoms with Crippen LogP contribution in [0.5, 0.6) is 17.4 Å². The molecule has 0 aliphatic carbocycles. The van der Waals surface area contributed by atoms with E-state index in [1.807, 2.05) is 26.8 Å². The number of hydrogen-bond acceptors (Lipinski definition) is 8. The number of nitro groups is 1. The number of aromatic hydroxyl groups is 1. The Hall–Kier alpha value is -3.74. The van der Waals surface area contributed by atoms with Crippen LogP contribution < -0.4 is 15.2 Å². The standard InChI is InChI=1S/C18H19N5O5/c1-18(2,3)15-13-12(9(7-19)16(20)28-17(13)22-21-15)8-5-10(23(25)26)14(27-4)11(24)6-8/h5-6,12,24H,20H2,1-4H3,(H,21,22). The number of nitrogens with zero attached hydrogens (tertiary/aromatic N) is 3. The van der Waals surface area contributed by atoms with E-state index in [2.05, 4.69) is 10.2 Å². The summed E-state index contributed by atoms with van der Waals surface area (Å²) in [4.78, 5) is 10.8. The number of fused-ring (bicyclic) bond motifs is 1.